The van der Waals surface area contributed by atoms with Crippen LogP contribution in [0.4, 0.5) is 10.5 Å². The SMILES string of the molecule is CCCOc1ccc(NC(=O)NC(C)c2ccc3c(c2)OCO3)cc1OCCC. The Morgan fingerprint density at radius 2 is 1.72 bits per heavy atom. The van der Waals surface area contributed by atoms with E-state index in [1.807, 2.05) is 45.0 Å². The van der Waals surface area contributed by atoms with Crippen LogP contribution in [-0.2, 0) is 0 Å². The van der Waals surface area contributed by atoms with Gasteiger partial charge in [0.05, 0.1) is 19.3 Å². The van der Waals surface area contributed by atoms with E-state index in [2.05, 4.69) is 10.6 Å². The normalized spacial score (nSPS) is 12.9. The minimum absolute atomic E-state index is 0.201. The maximum absolute atomic E-state index is 12.5. The first-order valence-corrected chi connectivity index (χ1v) is 9.97. The van der Waals surface area contributed by atoms with Crippen molar-refractivity contribution in [2.45, 2.75) is 39.7 Å². The summed E-state index contributed by atoms with van der Waals surface area (Å²) < 4.78 is 22.2. The topological polar surface area (TPSA) is 78.1 Å². The molecule has 0 saturated heterocycles. The molecule has 1 unspecified atom stereocenters. The Labute approximate surface area is 171 Å². The van der Waals surface area contributed by atoms with Crippen LogP contribution in [0.2, 0.25) is 0 Å². The zero-order chi connectivity index (χ0) is 20.6. The Morgan fingerprint density at radius 3 is 2.48 bits per heavy atom. The quantitative estimate of drug-likeness (QED) is 0.627. The lowest BCUT2D eigenvalue weighted by Gasteiger charge is -2.17. The molecule has 0 fully saturated rings. The Morgan fingerprint density at radius 1 is 1.00 bits per heavy atom. The fourth-order valence-corrected chi connectivity index (χ4v) is 2.87. The standard InChI is InChI=1S/C22H28N2O5/c1-4-10-26-18-9-7-17(13-21(18)27-11-5-2)24-22(25)23-15(3)16-6-8-19-20(12-16)29-14-28-19/h6-9,12-13,15H,4-5,10-11,14H2,1-3H3,(H2,23,24,25). The second kappa shape index (κ2) is 9.91. The van der Waals surface area contributed by atoms with Crippen molar-refractivity contribution in [2.75, 3.05) is 25.3 Å². The summed E-state index contributed by atoms with van der Waals surface area (Å²) in [5.74, 6) is 2.72. The molecule has 7 heteroatoms. The number of hydrogen-bond donors (Lipinski definition) is 2. The minimum atomic E-state index is -0.307. The smallest absolute Gasteiger partial charge is 0.319 e. The summed E-state index contributed by atoms with van der Waals surface area (Å²) in [4.78, 5) is 12.5. The van der Waals surface area contributed by atoms with Crippen molar-refractivity contribution >= 4 is 11.7 Å². The molecular formula is C22H28N2O5. The van der Waals surface area contributed by atoms with E-state index in [-0.39, 0.29) is 18.9 Å². The molecule has 0 aliphatic carbocycles. The van der Waals surface area contributed by atoms with Gasteiger partial charge >= 0.3 is 6.03 Å². The fourth-order valence-electron chi connectivity index (χ4n) is 2.87. The third-order valence-electron chi connectivity index (χ3n) is 4.37. The van der Waals surface area contributed by atoms with Gasteiger partial charge in [-0.15, -0.1) is 0 Å². The van der Waals surface area contributed by atoms with E-state index < -0.39 is 0 Å². The molecule has 156 valence electrons. The van der Waals surface area contributed by atoms with Gasteiger partial charge in [-0.05, 0) is 49.6 Å². The van der Waals surface area contributed by atoms with E-state index in [0.29, 0.717) is 36.1 Å². The molecule has 2 N–H and O–H groups in total. The maximum atomic E-state index is 12.5. The van der Waals surface area contributed by atoms with Gasteiger partial charge in [0.15, 0.2) is 23.0 Å². The minimum Gasteiger partial charge on any atom is -0.490 e. The lowest BCUT2D eigenvalue weighted by Crippen LogP contribution is -2.31. The monoisotopic (exact) mass is 400 g/mol. The van der Waals surface area contributed by atoms with Crippen molar-refractivity contribution in [3.8, 4) is 23.0 Å². The summed E-state index contributed by atoms with van der Waals surface area (Å²) in [6.45, 7) is 7.42. The number of carbonyl (C=O) groups excluding carboxylic acids is 1. The largest absolute Gasteiger partial charge is 0.490 e. The molecule has 1 aliphatic rings. The molecule has 0 spiro atoms. The first-order chi connectivity index (χ1) is 14.1. The van der Waals surface area contributed by atoms with Crippen molar-refractivity contribution in [2.24, 2.45) is 0 Å². The van der Waals surface area contributed by atoms with Gasteiger partial charge < -0.3 is 29.6 Å². The number of hydrogen-bond acceptors (Lipinski definition) is 5. The van der Waals surface area contributed by atoms with E-state index in [1.54, 1.807) is 12.1 Å². The molecule has 2 amide bonds. The molecule has 3 rings (SSSR count). The van der Waals surface area contributed by atoms with Crippen LogP contribution in [0.15, 0.2) is 36.4 Å². The van der Waals surface area contributed by atoms with Crippen molar-refractivity contribution < 1.29 is 23.7 Å². The molecule has 0 bridgehead atoms. The van der Waals surface area contributed by atoms with Crippen LogP contribution >= 0.6 is 0 Å². The van der Waals surface area contributed by atoms with Crippen molar-refractivity contribution in [1.29, 1.82) is 0 Å². The first-order valence-electron chi connectivity index (χ1n) is 9.97. The van der Waals surface area contributed by atoms with Gasteiger partial charge in [-0.25, -0.2) is 4.79 Å². The van der Waals surface area contributed by atoms with Crippen molar-refractivity contribution in [1.82, 2.24) is 5.32 Å². The summed E-state index contributed by atoms with van der Waals surface area (Å²) in [5, 5.41) is 5.78. The molecule has 1 aliphatic heterocycles. The van der Waals surface area contributed by atoms with Crippen LogP contribution in [-0.4, -0.2) is 26.0 Å². The number of rotatable bonds is 9. The Bertz CT molecular complexity index is 840. The molecule has 1 heterocycles. The van der Waals surface area contributed by atoms with Gasteiger partial charge in [-0.1, -0.05) is 19.9 Å². The predicted molar refractivity (Wildman–Crippen MR) is 111 cm³/mol. The summed E-state index contributed by atoms with van der Waals surface area (Å²) in [7, 11) is 0. The van der Waals surface area contributed by atoms with E-state index in [1.165, 1.54) is 0 Å². The second-order valence-electron chi connectivity index (χ2n) is 6.79. The predicted octanol–water partition coefficient (Wildman–Crippen LogP) is 4.88. The van der Waals surface area contributed by atoms with Crippen molar-refractivity contribution in [3.63, 3.8) is 0 Å². The summed E-state index contributed by atoms with van der Waals surface area (Å²) in [5.41, 5.74) is 1.56. The molecule has 7 nitrogen and oxygen atoms in total. The van der Waals surface area contributed by atoms with Crippen LogP contribution in [0.1, 0.15) is 45.2 Å². The molecule has 2 aromatic carbocycles. The number of nitrogens with one attached hydrogen (secondary N) is 2. The van der Waals surface area contributed by atoms with E-state index in [4.69, 9.17) is 18.9 Å². The first kappa shape index (κ1) is 20.6. The lowest BCUT2D eigenvalue weighted by atomic mass is 10.1. The fraction of sp³-hybridized carbons (Fsp3) is 0.409. The van der Waals surface area contributed by atoms with Crippen LogP contribution in [0.5, 0.6) is 23.0 Å². The van der Waals surface area contributed by atoms with Gasteiger partial charge in [0.25, 0.3) is 0 Å². The molecule has 0 aromatic heterocycles. The van der Waals surface area contributed by atoms with Gasteiger partial charge in [-0.3, -0.25) is 0 Å². The van der Waals surface area contributed by atoms with Gasteiger partial charge in [0.1, 0.15) is 0 Å². The number of ether oxygens (including phenoxy) is 4. The summed E-state index contributed by atoms with van der Waals surface area (Å²) in [6.07, 6.45) is 1.80. The highest BCUT2D eigenvalue weighted by Crippen LogP contribution is 2.34. The highest BCUT2D eigenvalue weighted by molar-refractivity contribution is 5.90. The summed E-state index contributed by atoms with van der Waals surface area (Å²) in [6, 6.07) is 10.5. The summed E-state index contributed by atoms with van der Waals surface area (Å²) >= 11 is 0. The average molecular weight is 400 g/mol. The number of amides is 2. The van der Waals surface area contributed by atoms with E-state index >= 15 is 0 Å². The van der Waals surface area contributed by atoms with Crippen LogP contribution in [0.25, 0.3) is 0 Å². The van der Waals surface area contributed by atoms with E-state index in [0.717, 1.165) is 24.2 Å². The van der Waals surface area contributed by atoms with E-state index in [9.17, 15) is 4.79 Å². The van der Waals surface area contributed by atoms with Gasteiger partial charge in [0.2, 0.25) is 6.79 Å². The average Bonchev–Trinajstić information content (AvgIpc) is 3.19. The van der Waals surface area contributed by atoms with Crippen LogP contribution in [0.3, 0.4) is 0 Å². The molecule has 29 heavy (non-hydrogen) atoms. The molecule has 0 saturated carbocycles. The number of carbonyl (C=O) groups is 1. The van der Waals surface area contributed by atoms with Gasteiger partial charge in [-0.2, -0.15) is 0 Å². The third kappa shape index (κ3) is 5.47. The highest BCUT2D eigenvalue weighted by Gasteiger charge is 2.17. The molecule has 2 aromatic rings. The maximum Gasteiger partial charge on any atom is 0.319 e. The van der Waals surface area contributed by atoms with Crippen LogP contribution in [0, 0.1) is 0 Å². The molecular weight excluding hydrogens is 372 g/mol. The zero-order valence-corrected chi connectivity index (χ0v) is 17.1. The Balaban J connectivity index is 1.63. The lowest BCUT2D eigenvalue weighted by molar-refractivity contribution is 0.174. The second-order valence-corrected chi connectivity index (χ2v) is 6.79. The van der Waals surface area contributed by atoms with Crippen molar-refractivity contribution in [3.05, 3.63) is 42.0 Å². The number of fused-ring (bicyclic) bond motifs is 1. The van der Waals surface area contributed by atoms with Crippen LogP contribution < -0.4 is 29.6 Å². The van der Waals surface area contributed by atoms with Gasteiger partial charge in [0, 0.05) is 11.8 Å². The zero-order valence-electron chi connectivity index (χ0n) is 17.1. The Hall–Kier alpha value is -3.09. The Kier molecular flexibility index (Phi) is 7.05. The molecule has 0 radical (unpaired) electrons. The molecule has 1 atom stereocenters. The highest BCUT2D eigenvalue weighted by atomic mass is 16.7. The third-order valence-corrected chi connectivity index (χ3v) is 4.37. The number of urea groups is 1. The number of benzene rings is 2. The number of anilines is 1.